The summed E-state index contributed by atoms with van der Waals surface area (Å²) < 4.78 is 1.99. The number of nitrogens with zero attached hydrogens (tertiary/aromatic N) is 3. The van der Waals surface area contributed by atoms with Crippen molar-refractivity contribution < 1.29 is 0 Å². The van der Waals surface area contributed by atoms with Crippen molar-refractivity contribution in [2.24, 2.45) is 0 Å². The summed E-state index contributed by atoms with van der Waals surface area (Å²) in [5.74, 6) is 0. The molecule has 1 saturated heterocycles. The van der Waals surface area contributed by atoms with E-state index in [4.69, 9.17) is 11.6 Å². The lowest BCUT2D eigenvalue weighted by atomic mass is 10.2. The Labute approximate surface area is 108 Å². The van der Waals surface area contributed by atoms with Crippen molar-refractivity contribution in [2.75, 3.05) is 20.1 Å². The average molecular weight is 257 g/mol. The molecule has 1 aliphatic rings. The summed E-state index contributed by atoms with van der Waals surface area (Å²) in [6, 6.07) is 0.580. The zero-order valence-corrected chi connectivity index (χ0v) is 11.6. The molecule has 0 aromatic carbocycles. The summed E-state index contributed by atoms with van der Waals surface area (Å²) in [6.45, 7) is 8.03. The summed E-state index contributed by atoms with van der Waals surface area (Å²) in [5.41, 5.74) is 2.04. The maximum atomic E-state index is 6.27. The van der Waals surface area contributed by atoms with Gasteiger partial charge in [-0.15, -0.1) is 0 Å². The van der Waals surface area contributed by atoms with Gasteiger partial charge >= 0.3 is 0 Å². The number of hydrogen-bond donors (Lipinski definition) is 1. The van der Waals surface area contributed by atoms with Crippen LogP contribution in [-0.4, -0.2) is 40.9 Å². The van der Waals surface area contributed by atoms with E-state index >= 15 is 0 Å². The van der Waals surface area contributed by atoms with Gasteiger partial charge in [0.2, 0.25) is 0 Å². The predicted molar refractivity (Wildman–Crippen MR) is 70.4 cm³/mol. The van der Waals surface area contributed by atoms with Crippen molar-refractivity contribution in [1.29, 1.82) is 0 Å². The van der Waals surface area contributed by atoms with Crippen LogP contribution in [0, 0.1) is 6.92 Å². The minimum atomic E-state index is 0.580. The van der Waals surface area contributed by atoms with Crippen LogP contribution in [0.15, 0.2) is 0 Å². The topological polar surface area (TPSA) is 33.1 Å². The molecule has 1 aromatic heterocycles. The Hall–Kier alpha value is -0.580. The van der Waals surface area contributed by atoms with E-state index in [1.54, 1.807) is 0 Å². The van der Waals surface area contributed by atoms with Crippen LogP contribution in [-0.2, 0) is 13.1 Å². The molecule has 1 unspecified atom stereocenters. The third-order valence-corrected chi connectivity index (χ3v) is 3.89. The van der Waals surface area contributed by atoms with E-state index in [1.807, 2.05) is 11.6 Å². The number of likely N-dealkylation sites (N-methyl/N-ethyl adjacent to an activating group) is 1. The second-order valence-corrected chi connectivity index (χ2v) is 5.17. The van der Waals surface area contributed by atoms with E-state index in [0.717, 1.165) is 36.0 Å². The van der Waals surface area contributed by atoms with Gasteiger partial charge in [-0.3, -0.25) is 4.68 Å². The molecule has 1 N–H and O–H groups in total. The fraction of sp³-hybridized carbons (Fsp3) is 0.750. The maximum absolute atomic E-state index is 6.27. The summed E-state index contributed by atoms with van der Waals surface area (Å²) in [6.07, 6.45) is 1.22. The molecule has 2 rings (SSSR count). The van der Waals surface area contributed by atoms with Crippen molar-refractivity contribution in [1.82, 2.24) is 20.0 Å². The van der Waals surface area contributed by atoms with E-state index in [-0.39, 0.29) is 0 Å². The lowest BCUT2D eigenvalue weighted by Gasteiger charge is -2.13. The van der Waals surface area contributed by atoms with Crippen LogP contribution in [0.2, 0.25) is 5.02 Å². The maximum Gasteiger partial charge on any atom is 0.0860 e. The van der Waals surface area contributed by atoms with Crippen LogP contribution in [0.1, 0.15) is 24.7 Å². The minimum absolute atomic E-state index is 0.580. The predicted octanol–water partition coefficient (Wildman–Crippen LogP) is 1.66. The largest absolute Gasteiger partial charge is 0.307 e. The van der Waals surface area contributed by atoms with Crippen molar-refractivity contribution >= 4 is 11.6 Å². The van der Waals surface area contributed by atoms with E-state index in [0.29, 0.717) is 6.04 Å². The van der Waals surface area contributed by atoms with Crippen LogP contribution in [0.3, 0.4) is 0 Å². The number of hydrogen-bond acceptors (Lipinski definition) is 3. The molecular weight excluding hydrogens is 236 g/mol. The summed E-state index contributed by atoms with van der Waals surface area (Å²) in [4.78, 5) is 2.35. The third kappa shape index (κ3) is 2.81. The molecular formula is C12H21ClN4. The Kier molecular flexibility index (Phi) is 4.07. The number of nitrogens with one attached hydrogen (secondary N) is 1. The first kappa shape index (κ1) is 12.9. The number of aryl methyl sites for hydroxylation is 2. The van der Waals surface area contributed by atoms with Gasteiger partial charge in [-0.05, 0) is 33.9 Å². The molecule has 0 saturated carbocycles. The zero-order valence-electron chi connectivity index (χ0n) is 10.8. The number of aromatic nitrogens is 2. The van der Waals surface area contributed by atoms with Gasteiger partial charge in [0, 0.05) is 25.7 Å². The fourth-order valence-corrected chi connectivity index (χ4v) is 2.58. The Bertz CT molecular complexity index is 388. The monoisotopic (exact) mass is 256 g/mol. The highest BCUT2D eigenvalue weighted by atomic mass is 35.5. The fourth-order valence-electron chi connectivity index (χ4n) is 2.38. The van der Waals surface area contributed by atoms with Gasteiger partial charge in [-0.25, -0.2) is 0 Å². The first-order valence-electron chi connectivity index (χ1n) is 6.25. The number of rotatable bonds is 4. The van der Waals surface area contributed by atoms with Crippen LogP contribution < -0.4 is 5.32 Å². The number of halogens is 1. The molecule has 0 radical (unpaired) electrons. The van der Waals surface area contributed by atoms with Crippen LogP contribution >= 0.6 is 11.6 Å². The molecule has 1 fully saturated rings. The molecule has 4 nitrogen and oxygen atoms in total. The van der Waals surface area contributed by atoms with Crippen molar-refractivity contribution in [3.8, 4) is 0 Å². The quantitative estimate of drug-likeness (QED) is 0.890. The van der Waals surface area contributed by atoms with Crippen molar-refractivity contribution in [2.45, 2.75) is 39.4 Å². The third-order valence-electron chi connectivity index (χ3n) is 3.40. The Morgan fingerprint density at radius 1 is 1.53 bits per heavy atom. The Balaban J connectivity index is 1.98. The van der Waals surface area contributed by atoms with Crippen molar-refractivity contribution in [3.05, 3.63) is 16.4 Å². The molecule has 2 heterocycles. The highest BCUT2D eigenvalue weighted by Crippen LogP contribution is 2.20. The first-order valence-corrected chi connectivity index (χ1v) is 6.63. The molecule has 1 atom stereocenters. The normalized spacial score (nSPS) is 21.3. The van der Waals surface area contributed by atoms with E-state index < -0.39 is 0 Å². The van der Waals surface area contributed by atoms with Gasteiger partial charge in [-0.2, -0.15) is 5.10 Å². The Morgan fingerprint density at radius 2 is 2.29 bits per heavy atom. The zero-order chi connectivity index (χ0) is 12.4. The minimum Gasteiger partial charge on any atom is -0.307 e. The van der Waals surface area contributed by atoms with E-state index in [2.05, 4.69) is 29.3 Å². The molecule has 5 heteroatoms. The summed E-state index contributed by atoms with van der Waals surface area (Å²) in [5, 5.41) is 8.80. The summed E-state index contributed by atoms with van der Waals surface area (Å²) in [7, 11) is 2.16. The van der Waals surface area contributed by atoms with E-state index in [1.165, 1.54) is 13.0 Å². The molecule has 1 aliphatic heterocycles. The lowest BCUT2D eigenvalue weighted by Crippen LogP contribution is -2.31. The molecule has 17 heavy (non-hydrogen) atoms. The first-order chi connectivity index (χ1) is 8.11. The standard InChI is InChI=1S/C12H21ClN4/c1-4-17-11(12(13)9(2)15-17)7-14-10-5-6-16(3)8-10/h10,14H,4-8H2,1-3H3. The second kappa shape index (κ2) is 5.38. The van der Waals surface area contributed by atoms with Crippen LogP contribution in [0.4, 0.5) is 0 Å². The molecule has 0 spiro atoms. The smallest absolute Gasteiger partial charge is 0.0860 e. The van der Waals surface area contributed by atoms with Gasteiger partial charge in [0.05, 0.1) is 16.4 Å². The highest BCUT2D eigenvalue weighted by Gasteiger charge is 2.20. The average Bonchev–Trinajstić information content (AvgIpc) is 2.83. The lowest BCUT2D eigenvalue weighted by molar-refractivity contribution is 0.396. The van der Waals surface area contributed by atoms with Gasteiger partial charge in [0.15, 0.2) is 0 Å². The van der Waals surface area contributed by atoms with Crippen LogP contribution in [0.25, 0.3) is 0 Å². The van der Waals surface area contributed by atoms with Gasteiger partial charge in [0.1, 0.15) is 0 Å². The van der Waals surface area contributed by atoms with Crippen LogP contribution in [0.5, 0.6) is 0 Å². The van der Waals surface area contributed by atoms with E-state index in [9.17, 15) is 0 Å². The van der Waals surface area contributed by atoms with Gasteiger partial charge in [0.25, 0.3) is 0 Å². The number of likely N-dealkylation sites (tertiary alicyclic amines) is 1. The van der Waals surface area contributed by atoms with Gasteiger partial charge < -0.3 is 10.2 Å². The molecule has 0 bridgehead atoms. The second-order valence-electron chi connectivity index (χ2n) is 4.79. The Morgan fingerprint density at radius 3 is 2.88 bits per heavy atom. The molecule has 96 valence electrons. The molecule has 1 aromatic rings. The summed E-state index contributed by atoms with van der Waals surface area (Å²) >= 11 is 6.27. The molecule has 0 amide bonds. The van der Waals surface area contributed by atoms with Gasteiger partial charge in [-0.1, -0.05) is 11.6 Å². The molecule has 0 aliphatic carbocycles. The van der Waals surface area contributed by atoms with Crippen molar-refractivity contribution in [3.63, 3.8) is 0 Å². The SMILES string of the molecule is CCn1nc(C)c(Cl)c1CNC1CCN(C)C1. The highest BCUT2D eigenvalue weighted by molar-refractivity contribution is 6.31.